The van der Waals surface area contributed by atoms with Gasteiger partial charge in [0.1, 0.15) is 13.2 Å². The van der Waals surface area contributed by atoms with E-state index in [-0.39, 0.29) is 31.1 Å². The number of unbranched alkanes of at least 4 members (excludes halogenated alkanes) is 36. The Morgan fingerprint density at radius 2 is 0.550 bits per heavy atom. The maximum Gasteiger partial charge on any atom is 0.306 e. The number of hydrogen-bond donors (Lipinski definition) is 0. The predicted molar refractivity (Wildman–Crippen MR) is 257 cm³/mol. The Morgan fingerprint density at radius 1 is 0.317 bits per heavy atom. The van der Waals surface area contributed by atoms with Crippen LogP contribution in [0.2, 0.25) is 0 Å². The van der Waals surface area contributed by atoms with Crippen LogP contribution in [0.4, 0.5) is 0 Å². The fourth-order valence-electron chi connectivity index (χ4n) is 8.22. The number of esters is 3. The van der Waals surface area contributed by atoms with Crippen molar-refractivity contribution in [3.63, 3.8) is 0 Å². The highest BCUT2D eigenvalue weighted by Crippen LogP contribution is 2.17. The highest BCUT2D eigenvalue weighted by molar-refractivity contribution is 5.71. The normalized spacial score (nSPS) is 11.9. The SMILES string of the molecule is CCCCCCCCCCCCCCCCCCCCC(=O)OC[C@H](COC(=O)CCCCCCCCCCC(C)C)OC(=O)CCCCCCCCCCCCCCC. The van der Waals surface area contributed by atoms with Gasteiger partial charge in [0.2, 0.25) is 0 Å². The van der Waals surface area contributed by atoms with Crippen molar-refractivity contribution in [2.75, 3.05) is 13.2 Å². The molecule has 60 heavy (non-hydrogen) atoms. The van der Waals surface area contributed by atoms with E-state index in [4.69, 9.17) is 14.2 Å². The first-order valence-electron chi connectivity index (χ1n) is 26.9. The van der Waals surface area contributed by atoms with Gasteiger partial charge in [-0.25, -0.2) is 0 Å². The molecule has 0 aliphatic rings. The molecule has 0 rings (SSSR count). The zero-order chi connectivity index (χ0) is 43.8. The molecule has 0 aliphatic heterocycles. The van der Waals surface area contributed by atoms with Crippen LogP contribution < -0.4 is 0 Å². The molecule has 0 aromatic heterocycles. The fourth-order valence-corrected chi connectivity index (χ4v) is 8.22. The minimum Gasteiger partial charge on any atom is -0.462 e. The molecule has 0 N–H and O–H groups in total. The van der Waals surface area contributed by atoms with E-state index in [2.05, 4.69) is 27.7 Å². The van der Waals surface area contributed by atoms with Gasteiger partial charge in [0.25, 0.3) is 0 Å². The minimum absolute atomic E-state index is 0.0628. The van der Waals surface area contributed by atoms with Crippen LogP contribution in [0.15, 0.2) is 0 Å². The van der Waals surface area contributed by atoms with E-state index < -0.39 is 6.10 Å². The third-order valence-corrected chi connectivity index (χ3v) is 12.3. The highest BCUT2D eigenvalue weighted by Gasteiger charge is 2.19. The Kier molecular flexibility index (Phi) is 47.2. The zero-order valence-electron chi connectivity index (χ0n) is 40.9. The van der Waals surface area contributed by atoms with Crippen molar-refractivity contribution in [2.24, 2.45) is 5.92 Å². The standard InChI is InChI=1S/C54H104O6/c1-5-7-9-11-13-15-17-19-20-21-22-23-25-26-28-33-37-41-45-52(55)58-48-51(49-59-53(56)46-42-38-34-31-30-32-36-40-44-50(3)4)60-54(57)47-43-39-35-29-27-24-18-16-14-12-10-8-6-2/h50-51H,5-49H2,1-4H3/t51-/m1/s1. The Bertz CT molecular complexity index is 903. The van der Waals surface area contributed by atoms with Crippen molar-refractivity contribution in [1.82, 2.24) is 0 Å². The molecular weight excluding hydrogens is 745 g/mol. The van der Waals surface area contributed by atoms with Gasteiger partial charge >= 0.3 is 17.9 Å². The molecular formula is C54H104O6. The number of hydrogen-bond acceptors (Lipinski definition) is 6. The summed E-state index contributed by atoms with van der Waals surface area (Å²) in [4.78, 5) is 38.0. The highest BCUT2D eigenvalue weighted by atomic mass is 16.6. The van der Waals surface area contributed by atoms with Gasteiger partial charge in [-0.3, -0.25) is 14.4 Å². The number of ether oxygens (including phenoxy) is 3. The van der Waals surface area contributed by atoms with E-state index in [1.807, 2.05) is 0 Å². The van der Waals surface area contributed by atoms with Crippen LogP contribution in [-0.2, 0) is 28.6 Å². The largest absolute Gasteiger partial charge is 0.462 e. The van der Waals surface area contributed by atoms with Gasteiger partial charge in [-0.1, -0.05) is 265 Å². The second-order valence-corrected chi connectivity index (χ2v) is 19.0. The van der Waals surface area contributed by atoms with Gasteiger partial charge in [0.05, 0.1) is 0 Å². The second kappa shape index (κ2) is 48.4. The maximum absolute atomic E-state index is 12.8. The summed E-state index contributed by atoms with van der Waals surface area (Å²) in [6, 6.07) is 0. The average molecular weight is 849 g/mol. The van der Waals surface area contributed by atoms with E-state index in [1.54, 1.807) is 0 Å². The Morgan fingerprint density at radius 3 is 0.817 bits per heavy atom. The predicted octanol–water partition coefficient (Wildman–Crippen LogP) is 17.5. The monoisotopic (exact) mass is 849 g/mol. The number of carbonyl (C=O) groups excluding carboxylic acids is 3. The first-order chi connectivity index (χ1) is 29.4. The quantitative estimate of drug-likeness (QED) is 0.0345. The van der Waals surface area contributed by atoms with E-state index in [1.165, 1.54) is 199 Å². The first-order valence-corrected chi connectivity index (χ1v) is 26.9. The van der Waals surface area contributed by atoms with Crippen LogP contribution in [0, 0.1) is 5.92 Å². The van der Waals surface area contributed by atoms with Crippen molar-refractivity contribution in [2.45, 2.75) is 310 Å². The molecule has 0 fully saturated rings. The molecule has 0 saturated heterocycles. The lowest BCUT2D eigenvalue weighted by Gasteiger charge is -2.18. The van der Waals surface area contributed by atoms with E-state index in [0.717, 1.165) is 63.7 Å². The van der Waals surface area contributed by atoms with Crippen LogP contribution in [0.1, 0.15) is 304 Å². The molecule has 0 spiro atoms. The summed E-state index contributed by atoms with van der Waals surface area (Å²) in [7, 11) is 0. The number of carbonyl (C=O) groups is 3. The van der Waals surface area contributed by atoms with Gasteiger partial charge < -0.3 is 14.2 Å². The van der Waals surface area contributed by atoms with Gasteiger partial charge in [-0.15, -0.1) is 0 Å². The Labute approximate surface area is 374 Å². The molecule has 0 aromatic carbocycles. The van der Waals surface area contributed by atoms with Gasteiger partial charge in [-0.2, -0.15) is 0 Å². The van der Waals surface area contributed by atoms with Gasteiger partial charge in [-0.05, 0) is 25.2 Å². The molecule has 0 heterocycles. The molecule has 0 amide bonds. The van der Waals surface area contributed by atoms with E-state index in [9.17, 15) is 14.4 Å². The summed E-state index contributed by atoms with van der Waals surface area (Å²) in [5.74, 6) is -0.0475. The van der Waals surface area contributed by atoms with Crippen molar-refractivity contribution in [3.05, 3.63) is 0 Å². The van der Waals surface area contributed by atoms with Crippen LogP contribution >= 0.6 is 0 Å². The molecule has 0 radical (unpaired) electrons. The lowest BCUT2D eigenvalue weighted by atomic mass is 10.0. The van der Waals surface area contributed by atoms with Crippen LogP contribution in [0.5, 0.6) is 0 Å². The molecule has 6 nitrogen and oxygen atoms in total. The molecule has 0 aliphatic carbocycles. The summed E-state index contributed by atoms with van der Waals surface area (Å²) in [6.45, 7) is 9.00. The third kappa shape index (κ3) is 47.5. The summed E-state index contributed by atoms with van der Waals surface area (Å²) in [5, 5.41) is 0. The van der Waals surface area contributed by atoms with Crippen LogP contribution in [0.25, 0.3) is 0 Å². The Balaban J connectivity index is 4.26. The van der Waals surface area contributed by atoms with Crippen LogP contribution in [0.3, 0.4) is 0 Å². The number of rotatable bonds is 49. The van der Waals surface area contributed by atoms with Crippen molar-refractivity contribution >= 4 is 17.9 Å². The topological polar surface area (TPSA) is 78.9 Å². The third-order valence-electron chi connectivity index (χ3n) is 12.3. The van der Waals surface area contributed by atoms with Gasteiger partial charge in [0, 0.05) is 19.3 Å². The first kappa shape index (κ1) is 58.4. The van der Waals surface area contributed by atoms with Crippen molar-refractivity contribution < 1.29 is 28.6 Å². The molecule has 0 aromatic rings. The average Bonchev–Trinajstić information content (AvgIpc) is 3.23. The van der Waals surface area contributed by atoms with E-state index >= 15 is 0 Å². The van der Waals surface area contributed by atoms with Crippen LogP contribution in [-0.4, -0.2) is 37.2 Å². The molecule has 1 atom stereocenters. The van der Waals surface area contributed by atoms with Crippen molar-refractivity contribution in [3.8, 4) is 0 Å². The summed E-state index contributed by atoms with van der Waals surface area (Å²) >= 11 is 0. The summed E-state index contributed by atoms with van der Waals surface area (Å²) in [5.41, 5.74) is 0. The molecule has 0 unspecified atom stereocenters. The van der Waals surface area contributed by atoms with Crippen molar-refractivity contribution in [1.29, 1.82) is 0 Å². The summed E-state index contributed by atoms with van der Waals surface area (Å²) in [6.07, 6.45) is 50.9. The van der Waals surface area contributed by atoms with E-state index in [0.29, 0.717) is 19.3 Å². The summed E-state index contributed by atoms with van der Waals surface area (Å²) < 4.78 is 16.8. The fraction of sp³-hybridized carbons (Fsp3) is 0.944. The zero-order valence-corrected chi connectivity index (χ0v) is 40.9. The second-order valence-electron chi connectivity index (χ2n) is 19.0. The lowest BCUT2D eigenvalue weighted by Crippen LogP contribution is -2.30. The smallest absolute Gasteiger partial charge is 0.306 e. The maximum atomic E-state index is 12.8. The lowest BCUT2D eigenvalue weighted by molar-refractivity contribution is -0.167. The molecule has 0 saturated carbocycles. The minimum atomic E-state index is -0.761. The van der Waals surface area contributed by atoms with Gasteiger partial charge in [0.15, 0.2) is 6.10 Å². The Hall–Kier alpha value is -1.59. The molecule has 0 bridgehead atoms. The molecule has 356 valence electrons. The molecule has 6 heteroatoms.